The van der Waals surface area contributed by atoms with Gasteiger partial charge in [0.25, 0.3) is 0 Å². The normalized spacial score (nSPS) is 24.7. The number of ether oxygens (including phenoxy) is 1. The van der Waals surface area contributed by atoms with E-state index in [4.69, 9.17) is 4.74 Å². The molecule has 0 bridgehead atoms. The number of carbonyl (C=O) groups is 1. The summed E-state index contributed by atoms with van der Waals surface area (Å²) in [5.41, 5.74) is -0.415. The molecule has 0 spiro atoms. The van der Waals surface area contributed by atoms with Crippen LogP contribution in [-0.2, 0) is 4.74 Å². The Morgan fingerprint density at radius 1 is 1.21 bits per heavy atom. The van der Waals surface area contributed by atoms with Crippen LogP contribution in [0.1, 0.15) is 60.3 Å². The fourth-order valence-electron chi connectivity index (χ4n) is 2.31. The smallest absolute Gasteiger partial charge is 0.407 e. The van der Waals surface area contributed by atoms with Crippen LogP contribution < -0.4 is 5.32 Å². The van der Waals surface area contributed by atoms with Gasteiger partial charge >= 0.3 is 6.09 Å². The number of nitrogens with one attached hydrogen (secondary N) is 1. The van der Waals surface area contributed by atoms with Gasteiger partial charge in [0.05, 0.1) is 0 Å². The lowest BCUT2D eigenvalue weighted by Crippen LogP contribution is -2.40. The Morgan fingerprint density at radius 2 is 1.79 bits per heavy atom. The molecular formula is C16H29NO2. The van der Waals surface area contributed by atoms with E-state index >= 15 is 0 Å². The quantitative estimate of drug-likeness (QED) is 0.775. The Bertz CT molecular complexity index is 307. The van der Waals surface area contributed by atoms with Crippen LogP contribution in [-0.4, -0.2) is 17.7 Å². The van der Waals surface area contributed by atoms with Gasteiger partial charge in [-0.1, -0.05) is 26.0 Å². The molecule has 1 aliphatic rings. The minimum Gasteiger partial charge on any atom is -0.444 e. The van der Waals surface area contributed by atoms with Gasteiger partial charge in [-0.3, -0.25) is 0 Å². The van der Waals surface area contributed by atoms with Gasteiger partial charge in [-0.05, 0) is 58.3 Å². The Kier molecular flexibility index (Phi) is 5.89. The van der Waals surface area contributed by atoms with Crippen molar-refractivity contribution in [3.63, 3.8) is 0 Å². The molecule has 0 saturated heterocycles. The van der Waals surface area contributed by atoms with Crippen LogP contribution >= 0.6 is 0 Å². The maximum absolute atomic E-state index is 11.7. The minimum absolute atomic E-state index is 0.276. The number of amides is 1. The van der Waals surface area contributed by atoms with Crippen LogP contribution in [0.25, 0.3) is 0 Å². The van der Waals surface area contributed by atoms with Crippen LogP contribution in [0.5, 0.6) is 0 Å². The first kappa shape index (κ1) is 16.1. The molecule has 1 rings (SSSR count). The largest absolute Gasteiger partial charge is 0.444 e. The van der Waals surface area contributed by atoms with Crippen molar-refractivity contribution in [1.29, 1.82) is 0 Å². The van der Waals surface area contributed by atoms with Crippen molar-refractivity contribution in [2.75, 3.05) is 0 Å². The standard InChI is InChI=1S/C16H29NO2/c1-12(2)6-7-13-8-10-14(11-9-13)17-15(18)19-16(3,4)5/h6-7,12-14H,8-11H2,1-5H3,(H,17,18)/t13-,14-. The van der Waals surface area contributed by atoms with E-state index in [0.29, 0.717) is 11.8 Å². The second-order valence-corrected chi connectivity index (χ2v) is 6.89. The number of hydrogen-bond donors (Lipinski definition) is 1. The number of rotatable bonds is 3. The first-order valence-electron chi connectivity index (χ1n) is 7.44. The third-order valence-corrected chi connectivity index (χ3v) is 3.26. The first-order chi connectivity index (χ1) is 8.76. The zero-order valence-corrected chi connectivity index (χ0v) is 13.0. The Labute approximate surface area is 117 Å². The Hall–Kier alpha value is -0.990. The van der Waals surface area contributed by atoms with E-state index in [1.165, 1.54) is 0 Å². The molecule has 0 atom stereocenters. The lowest BCUT2D eigenvalue weighted by molar-refractivity contribution is 0.0490. The van der Waals surface area contributed by atoms with Gasteiger partial charge in [0.15, 0.2) is 0 Å². The van der Waals surface area contributed by atoms with E-state index in [2.05, 4.69) is 31.3 Å². The molecular weight excluding hydrogens is 238 g/mol. The zero-order valence-electron chi connectivity index (χ0n) is 13.0. The summed E-state index contributed by atoms with van der Waals surface area (Å²) in [7, 11) is 0. The van der Waals surface area contributed by atoms with Crippen molar-refractivity contribution in [2.45, 2.75) is 71.9 Å². The predicted molar refractivity (Wildman–Crippen MR) is 79.1 cm³/mol. The molecule has 1 fully saturated rings. The highest BCUT2D eigenvalue weighted by Crippen LogP contribution is 2.26. The molecule has 0 aliphatic heterocycles. The molecule has 0 radical (unpaired) electrons. The molecule has 1 saturated carbocycles. The second-order valence-electron chi connectivity index (χ2n) is 6.89. The summed E-state index contributed by atoms with van der Waals surface area (Å²) in [6.45, 7) is 10.1. The third-order valence-electron chi connectivity index (χ3n) is 3.26. The van der Waals surface area contributed by atoms with Crippen LogP contribution in [0.2, 0.25) is 0 Å². The van der Waals surface area contributed by atoms with Crippen molar-refractivity contribution in [3.8, 4) is 0 Å². The van der Waals surface area contributed by atoms with Crippen LogP contribution in [0.3, 0.4) is 0 Å². The second kappa shape index (κ2) is 6.97. The molecule has 0 aromatic carbocycles. The maximum atomic E-state index is 11.7. The summed E-state index contributed by atoms with van der Waals surface area (Å²) < 4.78 is 5.28. The highest BCUT2D eigenvalue weighted by atomic mass is 16.6. The predicted octanol–water partition coefficient (Wildman–Crippen LogP) is 4.28. The van der Waals surface area contributed by atoms with Crippen molar-refractivity contribution >= 4 is 6.09 Å². The highest BCUT2D eigenvalue weighted by Gasteiger charge is 2.23. The molecule has 0 aromatic rings. The van der Waals surface area contributed by atoms with Crippen molar-refractivity contribution < 1.29 is 9.53 Å². The topological polar surface area (TPSA) is 38.3 Å². The summed E-state index contributed by atoms with van der Waals surface area (Å²) in [6.07, 6.45) is 8.75. The van der Waals surface area contributed by atoms with Crippen molar-refractivity contribution in [1.82, 2.24) is 5.32 Å². The van der Waals surface area contributed by atoms with E-state index in [0.717, 1.165) is 25.7 Å². The molecule has 3 nitrogen and oxygen atoms in total. The van der Waals surface area contributed by atoms with Gasteiger partial charge in [-0.15, -0.1) is 0 Å². The number of hydrogen-bond acceptors (Lipinski definition) is 2. The third kappa shape index (κ3) is 7.24. The minimum atomic E-state index is -0.415. The van der Waals surface area contributed by atoms with E-state index < -0.39 is 5.60 Å². The number of alkyl carbamates (subject to hydrolysis) is 1. The SMILES string of the molecule is CC(C)C=C[C@H]1CC[C@H](NC(=O)OC(C)(C)C)CC1. The van der Waals surface area contributed by atoms with E-state index in [1.807, 2.05) is 20.8 Å². The molecule has 3 heteroatoms. The van der Waals surface area contributed by atoms with Crippen LogP contribution in [0, 0.1) is 11.8 Å². The molecule has 110 valence electrons. The summed E-state index contributed by atoms with van der Waals surface area (Å²) in [4.78, 5) is 11.7. The molecule has 0 aromatic heterocycles. The summed E-state index contributed by atoms with van der Waals surface area (Å²) in [6, 6.07) is 0.276. The summed E-state index contributed by atoms with van der Waals surface area (Å²) in [5.74, 6) is 1.30. The van der Waals surface area contributed by atoms with Crippen molar-refractivity contribution in [2.24, 2.45) is 11.8 Å². The van der Waals surface area contributed by atoms with Gasteiger partial charge in [0.2, 0.25) is 0 Å². The van der Waals surface area contributed by atoms with Gasteiger partial charge in [-0.2, -0.15) is 0 Å². The molecule has 19 heavy (non-hydrogen) atoms. The molecule has 1 amide bonds. The number of carbonyl (C=O) groups excluding carboxylic acids is 1. The maximum Gasteiger partial charge on any atom is 0.407 e. The lowest BCUT2D eigenvalue weighted by Gasteiger charge is -2.29. The van der Waals surface area contributed by atoms with E-state index in [-0.39, 0.29) is 12.1 Å². The van der Waals surface area contributed by atoms with Gasteiger partial charge in [0.1, 0.15) is 5.60 Å². The Morgan fingerprint density at radius 3 is 2.26 bits per heavy atom. The summed E-state index contributed by atoms with van der Waals surface area (Å²) >= 11 is 0. The van der Waals surface area contributed by atoms with Crippen molar-refractivity contribution in [3.05, 3.63) is 12.2 Å². The fraction of sp³-hybridized carbons (Fsp3) is 0.812. The average Bonchev–Trinajstić information content (AvgIpc) is 2.25. The molecule has 0 unspecified atom stereocenters. The fourth-order valence-corrected chi connectivity index (χ4v) is 2.31. The van der Waals surface area contributed by atoms with Gasteiger partial charge in [-0.25, -0.2) is 4.79 Å². The number of allylic oxidation sites excluding steroid dienone is 2. The van der Waals surface area contributed by atoms with E-state index in [9.17, 15) is 4.79 Å². The summed E-state index contributed by atoms with van der Waals surface area (Å²) in [5, 5.41) is 2.98. The molecule has 1 aliphatic carbocycles. The lowest BCUT2D eigenvalue weighted by atomic mass is 9.85. The molecule has 0 heterocycles. The monoisotopic (exact) mass is 267 g/mol. The Balaban J connectivity index is 2.28. The van der Waals surface area contributed by atoms with Crippen LogP contribution in [0.4, 0.5) is 4.79 Å². The van der Waals surface area contributed by atoms with Gasteiger partial charge < -0.3 is 10.1 Å². The van der Waals surface area contributed by atoms with E-state index in [1.54, 1.807) is 0 Å². The molecule has 1 N–H and O–H groups in total. The van der Waals surface area contributed by atoms with Crippen LogP contribution in [0.15, 0.2) is 12.2 Å². The first-order valence-corrected chi connectivity index (χ1v) is 7.44. The average molecular weight is 267 g/mol. The van der Waals surface area contributed by atoms with Gasteiger partial charge in [0, 0.05) is 6.04 Å². The highest BCUT2D eigenvalue weighted by molar-refractivity contribution is 5.68. The zero-order chi connectivity index (χ0) is 14.5.